The quantitative estimate of drug-likeness (QED) is 0.280. The number of carboxylic acid groups (broad SMARTS) is 1. The number of carboxylic acids is 1. The number of thiophene rings is 1. The van der Waals surface area contributed by atoms with E-state index in [1.165, 1.54) is 11.3 Å². The zero-order valence-electron chi connectivity index (χ0n) is 20.2. The van der Waals surface area contributed by atoms with Crippen LogP contribution in [0.15, 0.2) is 57.5 Å². The first kappa shape index (κ1) is 26.4. The predicted octanol–water partition coefficient (Wildman–Crippen LogP) is 3.63. The number of carbonyl (C=O) groups excluding carboxylic acids is 1. The fourth-order valence-electron chi connectivity index (χ4n) is 3.84. The minimum Gasteiger partial charge on any atom is -0.478 e. The van der Waals surface area contributed by atoms with Crippen LogP contribution in [0.4, 0.5) is 0 Å². The van der Waals surface area contributed by atoms with Crippen LogP contribution in [0, 0.1) is 0 Å². The van der Waals surface area contributed by atoms with E-state index < -0.39 is 28.2 Å². The van der Waals surface area contributed by atoms with Crippen molar-refractivity contribution >= 4 is 44.2 Å². The van der Waals surface area contributed by atoms with E-state index in [9.17, 15) is 23.7 Å². The van der Waals surface area contributed by atoms with E-state index in [4.69, 9.17) is 4.74 Å². The van der Waals surface area contributed by atoms with Crippen molar-refractivity contribution in [3.63, 3.8) is 0 Å². The number of fused-ring (bicyclic) bond motifs is 1. The molecule has 0 radical (unpaired) electrons. The van der Waals surface area contributed by atoms with Gasteiger partial charge in [0, 0.05) is 34.1 Å². The summed E-state index contributed by atoms with van der Waals surface area (Å²) in [5.74, 6) is -1.57. The number of hydrogen-bond acceptors (Lipinski definition) is 7. The van der Waals surface area contributed by atoms with Crippen molar-refractivity contribution in [1.29, 1.82) is 0 Å². The van der Waals surface area contributed by atoms with Crippen LogP contribution in [0.1, 0.15) is 50.2 Å². The molecule has 0 aliphatic carbocycles. The Morgan fingerprint density at radius 1 is 1.14 bits per heavy atom. The smallest absolute Gasteiger partial charge is 0.335 e. The molecular weight excluding hydrogens is 514 g/mol. The predicted molar refractivity (Wildman–Crippen MR) is 141 cm³/mol. The summed E-state index contributed by atoms with van der Waals surface area (Å²) in [5, 5.41) is 14.1. The molecule has 37 heavy (non-hydrogen) atoms. The number of aromatic carboxylic acids is 1. The average molecular weight is 540 g/mol. The zero-order chi connectivity index (χ0) is 26.5. The molecule has 4 aromatic rings. The van der Waals surface area contributed by atoms with Gasteiger partial charge in [0.1, 0.15) is 4.83 Å². The highest BCUT2D eigenvalue weighted by molar-refractivity contribution is 7.84. The number of nitrogens with zero attached hydrogens (tertiary/aromatic N) is 1. The highest BCUT2D eigenvalue weighted by atomic mass is 32.2. The summed E-state index contributed by atoms with van der Waals surface area (Å²) >= 11 is 1.25. The molecule has 0 saturated heterocycles. The Labute approximate surface area is 219 Å². The van der Waals surface area contributed by atoms with Crippen LogP contribution in [0.25, 0.3) is 10.2 Å². The molecule has 0 aliphatic rings. The van der Waals surface area contributed by atoms with E-state index in [1.54, 1.807) is 42.0 Å². The Morgan fingerprint density at radius 2 is 1.95 bits per heavy atom. The largest absolute Gasteiger partial charge is 0.478 e. The van der Waals surface area contributed by atoms with Crippen LogP contribution >= 0.6 is 11.3 Å². The van der Waals surface area contributed by atoms with E-state index in [0.29, 0.717) is 27.1 Å². The van der Waals surface area contributed by atoms with E-state index in [-0.39, 0.29) is 31.1 Å². The maximum Gasteiger partial charge on any atom is 0.335 e. The molecule has 0 spiro atoms. The number of ether oxygens (including phenoxy) is 1. The lowest BCUT2D eigenvalue weighted by Gasteiger charge is -2.08. The molecule has 0 bridgehead atoms. The van der Waals surface area contributed by atoms with Gasteiger partial charge in [0.25, 0.3) is 11.5 Å². The van der Waals surface area contributed by atoms with Gasteiger partial charge in [0.05, 0.1) is 24.2 Å². The van der Waals surface area contributed by atoms with E-state index in [0.717, 1.165) is 16.7 Å². The first-order chi connectivity index (χ1) is 17.8. The fraction of sp³-hybridized carbons (Fsp3) is 0.231. The van der Waals surface area contributed by atoms with Gasteiger partial charge in [0.15, 0.2) is 0 Å². The van der Waals surface area contributed by atoms with Gasteiger partial charge in [-0.3, -0.25) is 13.8 Å². The molecule has 9 nitrogen and oxygen atoms in total. The molecule has 0 saturated carbocycles. The van der Waals surface area contributed by atoms with Crippen molar-refractivity contribution < 1.29 is 23.6 Å². The summed E-state index contributed by atoms with van der Waals surface area (Å²) in [4.78, 5) is 44.7. The number of benzene rings is 2. The van der Waals surface area contributed by atoms with Gasteiger partial charge in [-0.1, -0.05) is 31.2 Å². The maximum atomic E-state index is 12.8. The van der Waals surface area contributed by atoms with Crippen molar-refractivity contribution in [1.82, 2.24) is 15.3 Å². The second-order valence-corrected chi connectivity index (χ2v) is 10.5. The number of nitrogens with one attached hydrogen (secondary N) is 2. The summed E-state index contributed by atoms with van der Waals surface area (Å²) in [6.45, 7) is 2.50. The summed E-state index contributed by atoms with van der Waals surface area (Å²) in [6, 6.07) is 12.2. The molecule has 1 amide bonds. The third-order valence-electron chi connectivity index (χ3n) is 5.73. The number of aromatic nitrogens is 2. The molecule has 192 valence electrons. The number of amides is 1. The molecule has 3 N–H and O–H groups in total. The zero-order valence-corrected chi connectivity index (χ0v) is 21.8. The highest BCUT2D eigenvalue weighted by Crippen LogP contribution is 2.23. The number of rotatable bonds is 10. The van der Waals surface area contributed by atoms with Gasteiger partial charge >= 0.3 is 5.97 Å². The van der Waals surface area contributed by atoms with E-state index in [1.807, 2.05) is 19.1 Å². The van der Waals surface area contributed by atoms with Crippen LogP contribution < -0.4 is 10.9 Å². The Balaban J connectivity index is 1.42. The maximum absolute atomic E-state index is 12.8. The molecule has 4 rings (SSSR count). The van der Waals surface area contributed by atoms with Crippen molar-refractivity contribution in [3.05, 3.63) is 91.8 Å². The van der Waals surface area contributed by atoms with Crippen LogP contribution in [-0.4, -0.2) is 37.4 Å². The number of aromatic amines is 1. The van der Waals surface area contributed by atoms with Crippen molar-refractivity contribution in [2.75, 3.05) is 6.26 Å². The van der Waals surface area contributed by atoms with Crippen LogP contribution in [-0.2, 0) is 41.7 Å². The Hall–Kier alpha value is -3.67. The van der Waals surface area contributed by atoms with Gasteiger partial charge in [-0.2, -0.15) is 0 Å². The molecule has 0 fully saturated rings. The monoisotopic (exact) mass is 539 g/mol. The number of aryl methyl sites for hydroxylation is 1. The van der Waals surface area contributed by atoms with Crippen molar-refractivity contribution in [2.24, 2.45) is 0 Å². The molecule has 2 heterocycles. The summed E-state index contributed by atoms with van der Waals surface area (Å²) in [7, 11) is -1.13. The average Bonchev–Trinajstić information content (AvgIpc) is 3.30. The van der Waals surface area contributed by atoms with Crippen LogP contribution in [0.5, 0.6) is 0 Å². The summed E-state index contributed by atoms with van der Waals surface area (Å²) in [6.07, 6.45) is 2.18. The Kier molecular flexibility index (Phi) is 8.27. The molecule has 1 atom stereocenters. The molecule has 0 aliphatic heterocycles. The number of H-pyrrole nitrogens is 1. The normalized spacial score (nSPS) is 11.9. The Bertz CT molecular complexity index is 1560. The second-order valence-electron chi connectivity index (χ2n) is 8.28. The molecule has 11 heteroatoms. The fourth-order valence-corrected chi connectivity index (χ4v) is 5.35. The minimum absolute atomic E-state index is 0.0901. The standard InChI is InChI=1S/C26H25N3O6S2/c1-3-17-9-16(7-8-20(17)26(32)33)12-35-13-18-14-36-25-21(18)23(30)28-22(29-25)24(31)27-11-15-5-4-6-19(10-15)37(2)34/h4-10,14H,3,11-13H2,1-2H3,(H,27,31)(H,32,33)(H,28,29,30). The minimum atomic E-state index is -1.13. The molecule has 2 aromatic heterocycles. The highest BCUT2D eigenvalue weighted by Gasteiger charge is 2.16. The first-order valence-electron chi connectivity index (χ1n) is 11.4. The lowest BCUT2D eigenvalue weighted by atomic mass is 10.0. The van der Waals surface area contributed by atoms with E-state index in [2.05, 4.69) is 15.3 Å². The number of carbonyl (C=O) groups is 2. The third kappa shape index (κ3) is 6.19. The van der Waals surface area contributed by atoms with Crippen molar-refractivity contribution in [3.8, 4) is 0 Å². The van der Waals surface area contributed by atoms with Crippen LogP contribution in [0.2, 0.25) is 0 Å². The lowest BCUT2D eigenvalue weighted by Crippen LogP contribution is -2.27. The van der Waals surface area contributed by atoms with Gasteiger partial charge in [0.2, 0.25) is 5.82 Å². The Morgan fingerprint density at radius 3 is 2.68 bits per heavy atom. The van der Waals surface area contributed by atoms with Crippen molar-refractivity contribution in [2.45, 2.75) is 38.0 Å². The SMILES string of the molecule is CCc1cc(COCc2csc3nc(C(=O)NCc4cccc(S(C)=O)c4)[nH]c(=O)c23)ccc1C(=O)O. The van der Waals surface area contributed by atoms with Gasteiger partial charge < -0.3 is 20.1 Å². The molecule has 2 aromatic carbocycles. The van der Waals surface area contributed by atoms with E-state index >= 15 is 0 Å². The van der Waals surface area contributed by atoms with Crippen LogP contribution in [0.3, 0.4) is 0 Å². The first-order valence-corrected chi connectivity index (χ1v) is 13.8. The second kappa shape index (κ2) is 11.6. The molecule has 1 unspecified atom stereocenters. The lowest BCUT2D eigenvalue weighted by molar-refractivity contribution is 0.0695. The topological polar surface area (TPSA) is 138 Å². The summed E-state index contributed by atoms with van der Waals surface area (Å²) in [5.41, 5.74) is 2.85. The third-order valence-corrected chi connectivity index (χ3v) is 7.56. The van der Waals surface area contributed by atoms with Gasteiger partial charge in [-0.05, 0) is 46.7 Å². The molecular formula is C26H25N3O6S2. The van der Waals surface area contributed by atoms with Gasteiger partial charge in [-0.15, -0.1) is 11.3 Å². The summed E-state index contributed by atoms with van der Waals surface area (Å²) < 4.78 is 17.5. The van der Waals surface area contributed by atoms with Gasteiger partial charge in [-0.25, -0.2) is 9.78 Å². The number of hydrogen-bond donors (Lipinski definition) is 3.